The maximum atomic E-state index is 12.7. The maximum Gasteiger partial charge on any atom is 0.472 e. The van der Waals surface area contributed by atoms with Crippen molar-refractivity contribution in [3.05, 3.63) is 72.9 Å². The number of carbonyl (C=O) groups is 2. The number of carboxylic acid groups (broad SMARTS) is 1. The van der Waals surface area contributed by atoms with Crippen LogP contribution in [0.5, 0.6) is 0 Å². The Morgan fingerprint density at radius 2 is 0.921 bits per heavy atom. The fourth-order valence-electron chi connectivity index (χ4n) is 6.63. The molecule has 0 aliphatic rings. The molecule has 4 N–H and O–H groups in total. The molecular formula is C52H92NO9P. The van der Waals surface area contributed by atoms with Crippen LogP contribution in [0.25, 0.3) is 0 Å². The van der Waals surface area contributed by atoms with Crippen molar-refractivity contribution in [1.82, 2.24) is 0 Å². The highest BCUT2D eigenvalue weighted by Crippen LogP contribution is 2.43. The molecule has 0 aromatic carbocycles. The van der Waals surface area contributed by atoms with Gasteiger partial charge < -0.3 is 25.2 Å². The van der Waals surface area contributed by atoms with Gasteiger partial charge in [0.2, 0.25) is 0 Å². The molecule has 0 heterocycles. The summed E-state index contributed by atoms with van der Waals surface area (Å²) < 4.78 is 33.5. The number of aliphatic carboxylic acids is 1. The van der Waals surface area contributed by atoms with Gasteiger partial charge in [0.05, 0.1) is 19.8 Å². The second-order valence-corrected chi connectivity index (χ2v) is 18.0. The standard InChI is InChI=1S/C52H92NO9P/c1-3-5-7-9-11-13-15-17-19-21-22-23-24-25-26-27-29-31-33-35-37-39-41-43-45-59-46-49(47-60-63(57,58)61-48-50(53)52(55)56)62-51(54)44-42-40-38-36-34-32-30-28-20-18-16-14-12-10-8-6-4-2/h5,7,11-14,17-20,22-23,49-50H,3-4,6,8-10,15-16,21,24-48,53H2,1-2H3,(H,55,56)(H,57,58)/b7-5-,13-11-,14-12-,19-17-,20-18-,23-22-. The van der Waals surface area contributed by atoms with Crippen molar-refractivity contribution >= 4 is 19.8 Å². The average Bonchev–Trinajstić information content (AvgIpc) is 3.26. The number of esters is 1. The maximum absolute atomic E-state index is 12.7. The zero-order chi connectivity index (χ0) is 46.2. The van der Waals surface area contributed by atoms with Crippen molar-refractivity contribution in [2.45, 2.75) is 219 Å². The summed E-state index contributed by atoms with van der Waals surface area (Å²) in [6.45, 7) is 3.73. The Hall–Kier alpha value is -2.59. The van der Waals surface area contributed by atoms with Gasteiger partial charge in [0.15, 0.2) is 0 Å². The summed E-state index contributed by atoms with van der Waals surface area (Å²) in [6.07, 6.45) is 59.5. The number of hydrogen-bond acceptors (Lipinski definition) is 8. The van der Waals surface area contributed by atoms with Crippen LogP contribution in [-0.2, 0) is 32.7 Å². The quantitative estimate of drug-likeness (QED) is 0.0233. The molecule has 0 bridgehead atoms. The Labute approximate surface area is 384 Å². The number of rotatable bonds is 47. The van der Waals surface area contributed by atoms with E-state index >= 15 is 0 Å². The minimum absolute atomic E-state index is 0.00869. The predicted octanol–water partition coefficient (Wildman–Crippen LogP) is 14.5. The molecule has 0 spiro atoms. The van der Waals surface area contributed by atoms with Crippen LogP contribution in [0.4, 0.5) is 0 Å². The lowest BCUT2D eigenvalue weighted by Crippen LogP contribution is -2.34. The fraction of sp³-hybridized carbons (Fsp3) is 0.731. The van der Waals surface area contributed by atoms with Gasteiger partial charge in [-0.3, -0.25) is 18.6 Å². The van der Waals surface area contributed by atoms with E-state index < -0.39 is 45.1 Å². The average molecular weight is 906 g/mol. The summed E-state index contributed by atoms with van der Waals surface area (Å²) in [5, 5.41) is 8.92. The second-order valence-electron chi connectivity index (χ2n) is 16.6. The van der Waals surface area contributed by atoms with Gasteiger partial charge in [-0.15, -0.1) is 0 Å². The molecule has 0 rings (SSSR count). The Bertz CT molecular complexity index is 1280. The van der Waals surface area contributed by atoms with Crippen molar-refractivity contribution in [3.8, 4) is 0 Å². The second kappa shape index (κ2) is 47.4. The van der Waals surface area contributed by atoms with E-state index in [-0.39, 0.29) is 13.0 Å². The van der Waals surface area contributed by atoms with Crippen molar-refractivity contribution in [2.24, 2.45) is 5.73 Å². The lowest BCUT2D eigenvalue weighted by molar-refractivity contribution is -0.154. The number of carbonyl (C=O) groups excluding carboxylic acids is 1. The van der Waals surface area contributed by atoms with Crippen molar-refractivity contribution < 1.29 is 42.7 Å². The van der Waals surface area contributed by atoms with E-state index in [9.17, 15) is 19.0 Å². The molecule has 0 radical (unpaired) electrons. The Kier molecular flexibility index (Phi) is 45.4. The van der Waals surface area contributed by atoms with E-state index in [0.717, 1.165) is 77.0 Å². The van der Waals surface area contributed by atoms with Crippen LogP contribution in [0.3, 0.4) is 0 Å². The van der Waals surface area contributed by atoms with Gasteiger partial charge in [-0.05, 0) is 83.5 Å². The summed E-state index contributed by atoms with van der Waals surface area (Å²) in [5.74, 6) is -1.79. The summed E-state index contributed by atoms with van der Waals surface area (Å²) in [6, 6.07) is -1.48. The van der Waals surface area contributed by atoms with E-state index in [1.54, 1.807) is 0 Å². The molecule has 3 atom stereocenters. The zero-order valence-corrected chi connectivity index (χ0v) is 40.8. The van der Waals surface area contributed by atoms with Gasteiger partial charge in [0.25, 0.3) is 0 Å². The number of carboxylic acids is 1. The highest BCUT2D eigenvalue weighted by Gasteiger charge is 2.27. The normalized spacial score (nSPS) is 14.3. The van der Waals surface area contributed by atoms with Crippen LogP contribution in [0.1, 0.15) is 206 Å². The molecule has 3 unspecified atom stereocenters. The number of phosphoric acid groups is 1. The van der Waals surface area contributed by atoms with Gasteiger partial charge in [0, 0.05) is 13.0 Å². The highest BCUT2D eigenvalue weighted by atomic mass is 31.2. The Balaban J connectivity index is 4.15. The molecule has 10 nitrogen and oxygen atoms in total. The zero-order valence-electron chi connectivity index (χ0n) is 39.9. The lowest BCUT2D eigenvalue weighted by Gasteiger charge is -2.20. The number of allylic oxidation sites excluding steroid dienone is 12. The predicted molar refractivity (Wildman–Crippen MR) is 263 cm³/mol. The van der Waals surface area contributed by atoms with Gasteiger partial charge in [0.1, 0.15) is 12.1 Å². The number of ether oxygens (including phenoxy) is 2. The molecule has 11 heteroatoms. The summed E-state index contributed by atoms with van der Waals surface area (Å²) in [5.41, 5.74) is 5.37. The molecule has 0 aliphatic carbocycles. The molecule has 63 heavy (non-hydrogen) atoms. The molecule has 0 aromatic heterocycles. The minimum Gasteiger partial charge on any atom is -0.480 e. The molecular weight excluding hydrogens is 814 g/mol. The van der Waals surface area contributed by atoms with E-state index in [4.69, 9.17) is 29.4 Å². The van der Waals surface area contributed by atoms with Crippen LogP contribution >= 0.6 is 7.82 Å². The van der Waals surface area contributed by atoms with Crippen LogP contribution in [0.15, 0.2) is 72.9 Å². The first-order chi connectivity index (χ1) is 30.7. The summed E-state index contributed by atoms with van der Waals surface area (Å²) >= 11 is 0. The molecule has 0 fully saturated rings. The highest BCUT2D eigenvalue weighted by molar-refractivity contribution is 7.47. The van der Waals surface area contributed by atoms with Crippen molar-refractivity contribution in [1.29, 1.82) is 0 Å². The van der Waals surface area contributed by atoms with Crippen molar-refractivity contribution in [3.63, 3.8) is 0 Å². The van der Waals surface area contributed by atoms with Crippen LogP contribution in [0, 0.1) is 0 Å². The van der Waals surface area contributed by atoms with Crippen LogP contribution in [0.2, 0.25) is 0 Å². The van der Waals surface area contributed by atoms with Gasteiger partial charge in [-0.1, -0.05) is 189 Å². The van der Waals surface area contributed by atoms with Crippen LogP contribution < -0.4 is 5.73 Å². The van der Waals surface area contributed by atoms with E-state index in [0.29, 0.717) is 13.0 Å². The molecule has 0 aromatic rings. The molecule has 0 saturated heterocycles. The third-order valence-electron chi connectivity index (χ3n) is 10.5. The summed E-state index contributed by atoms with van der Waals surface area (Å²) in [7, 11) is -4.63. The molecule has 0 saturated carbocycles. The van der Waals surface area contributed by atoms with Gasteiger partial charge in [-0.2, -0.15) is 0 Å². The number of nitrogens with two attached hydrogens (primary N) is 1. The third kappa shape index (κ3) is 47.2. The first kappa shape index (κ1) is 60.4. The van der Waals surface area contributed by atoms with Gasteiger partial charge >= 0.3 is 19.8 Å². The van der Waals surface area contributed by atoms with E-state index in [1.807, 2.05) is 0 Å². The smallest absolute Gasteiger partial charge is 0.472 e. The number of unbranched alkanes of at least 4 members (excludes halogenated alkanes) is 21. The minimum atomic E-state index is -4.63. The van der Waals surface area contributed by atoms with E-state index in [1.165, 1.54) is 103 Å². The summed E-state index contributed by atoms with van der Waals surface area (Å²) in [4.78, 5) is 33.7. The monoisotopic (exact) mass is 906 g/mol. The fourth-order valence-corrected chi connectivity index (χ4v) is 7.40. The topological polar surface area (TPSA) is 155 Å². The molecule has 0 aliphatic heterocycles. The van der Waals surface area contributed by atoms with E-state index in [2.05, 4.69) is 86.8 Å². The van der Waals surface area contributed by atoms with Crippen LogP contribution in [-0.4, -0.2) is 60.5 Å². The number of phosphoric ester groups is 1. The molecule has 364 valence electrons. The third-order valence-corrected chi connectivity index (χ3v) is 11.4. The Morgan fingerprint density at radius 3 is 1.38 bits per heavy atom. The largest absolute Gasteiger partial charge is 0.480 e. The lowest BCUT2D eigenvalue weighted by atomic mass is 10.1. The Morgan fingerprint density at radius 1 is 0.524 bits per heavy atom. The van der Waals surface area contributed by atoms with Gasteiger partial charge in [-0.25, -0.2) is 4.57 Å². The SMILES string of the molecule is CC/C=C\C/C=C\C/C=C\C/C=C\CCCCCCCCCCCCCOCC(COP(=O)(O)OCC(N)C(=O)O)OC(=O)CCCCCCCCC/C=C\C/C=C\CCCCC. The molecule has 0 amide bonds. The van der Waals surface area contributed by atoms with Crippen molar-refractivity contribution in [2.75, 3.05) is 26.4 Å². The first-order valence-electron chi connectivity index (χ1n) is 25.0. The number of hydrogen-bond donors (Lipinski definition) is 3. The first-order valence-corrected chi connectivity index (χ1v) is 26.5.